The number of carbonyl (C=O) groups is 1. The van der Waals surface area contributed by atoms with Gasteiger partial charge in [0.25, 0.3) is 5.91 Å². The van der Waals surface area contributed by atoms with Gasteiger partial charge in [0.05, 0.1) is 13.2 Å². The van der Waals surface area contributed by atoms with Crippen LogP contribution in [0.4, 0.5) is 0 Å². The van der Waals surface area contributed by atoms with E-state index in [2.05, 4.69) is 0 Å². The Hall–Kier alpha value is -1.39. The van der Waals surface area contributed by atoms with E-state index in [1.807, 2.05) is 19.9 Å². The molecular formula is C13H21NO3. The minimum absolute atomic E-state index is 0.0986. The van der Waals surface area contributed by atoms with Crippen molar-refractivity contribution < 1.29 is 15.0 Å². The van der Waals surface area contributed by atoms with Crippen molar-refractivity contribution in [2.45, 2.75) is 13.8 Å². The molecule has 2 N–H and O–H groups in total. The summed E-state index contributed by atoms with van der Waals surface area (Å²) < 4.78 is 0. The number of nitrogens with zero attached hydrogens (tertiary/aromatic N) is 1. The maximum Gasteiger partial charge on any atom is 0.254 e. The van der Waals surface area contributed by atoms with Gasteiger partial charge in [-0.05, 0) is 12.1 Å². The number of aliphatic hydroxyl groups is 2. The molecule has 0 unspecified atom stereocenters. The Bertz CT molecular complexity index is 295. The number of benzene rings is 1. The van der Waals surface area contributed by atoms with Gasteiger partial charge in [0.2, 0.25) is 0 Å². The minimum Gasteiger partial charge on any atom is -0.395 e. The van der Waals surface area contributed by atoms with Crippen LogP contribution in [0.5, 0.6) is 0 Å². The first-order valence-electron chi connectivity index (χ1n) is 5.85. The van der Waals surface area contributed by atoms with Gasteiger partial charge in [-0.15, -0.1) is 0 Å². The molecule has 0 aliphatic carbocycles. The molecule has 1 amide bonds. The zero-order valence-corrected chi connectivity index (χ0v) is 10.5. The first kappa shape index (κ1) is 15.6. The number of aliphatic hydroxyl groups excluding tert-OH is 2. The molecule has 0 saturated heterocycles. The molecule has 96 valence electrons. The third kappa shape index (κ3) is 5.47. The van der Waals surface area contributed by atoms with Crippen molar-refractivity contribution in [2.75, 3.05) is 26.3 Å². The van der Waals surface area contributed by atoms with Crippen LogP contribution in [0.3, 0.4) is 0 Å². The summed E-state index contributed by atoms with van der Waals surface area (Å²) in [6, 6.07) is 8.82. The van der Waals surface area contributed by atoms with E-state index in [-0.39, 0.29) is 32.2 Å². The molecule has 0 aliphatic rings. The summed E-state index contributed by atoms with van der Waals surface area (Å²) in [4.78, 5) is 13.3. The van der Waals surface area contributed by atoms with Crippen LogP contribution >= 0.6 is 0 Å². The Morgan fingerprint density at radius 2 is 1.53 bits per heavy atom. The number of carbonyl (C=O) groups excluding carboxylic acids is 1. The summed E-state index contributed by atoms with van der Waals surface area (Å²) in [7, 11) is 0. The standard InChI is InChI=1S/C11H15NO3.C2H6/c13-8-6-12(7-9-14)11(15)10-4-2-1-3-5-10;1-2/h1-5,13-14H,6-9H2;1-2H3. The molecule has 0 heterocycles. The van der Waals surface area contributed by atoms with E-state index in [0.717, 1.165) is 0 Å². The van der Waals surface area contributed by atoms with Crippen LogP contribution in [0.2, 0.25) is 0 Å². The largest absolute Gasteiger partial charge is 0.395 e. The van der Waals surface area contributed by atoms with Crippen molar-refractivity contribution in [3.05, 3.63) is 35.9 Å². The normalized spacial score (nSPS) is 9.18. The lowest BCUT2D eigenvalue weighted by atomic mass is 10.2. The molecule has 0 fully saturated rings. The summed E-state index contributed by atoms with van der Waals surface area (Å²) >= 11 is 0. The smallest absolute Gasteiger partial charge is 0.254 e. The van der Waals surface area contributed by atoms with E-state index in [1.54, 1.807) is 24.3 Å². The van der Waals surface area contributed by atoms with Gasteiger partial charge in [-0.25, -0.2) is 0 Å². The topological polar surface area (TPSA) is 60.8 Å². The Kier molecular flexibility index (Phi) is 9.01. The van der Waals surface area contributed by atoms with Crippen LogP contribution in [0, 0.1) is 0 Å². The molecule has 0 radical (unpaired) electrons. The Morgan fingerprint density at radius 1 is 1.06 bits per heavy atom. The Morgan fingerprint density at radius 3 is 1.94 bits per heavy atom. The predicted octanol–water partition coefficient (Wildman–Crippen LogP) is 1.14. The quantitative estimate of drug-likeness (QED) is 0.810. The van der Waals surface area contributed by atoms with Gasteiger partial charge < -0.3 is 15.1 Å². The highest BCUT2D eigenvalue weighted by Crippen LogP contribution is 2.03. The van der Waals surface area contributed by atoms with Gasteiger partial charge >= 0.3 is 0 Å². The van der Waals surface area contributed by atoms with Crippen molar-refractivity contribution in [3.8, 4) is 0 Å². The monoisotopic (exact) mass is 239 g/mol. The third-order valence-corrected chi connectivity index (χ3v) is 2.05. The minimum atomic E-state index is -0.168. The van der Waals surface area contributed by atoms with Gasteiger partial charge in [-0.3, -0.25) is 4.79 Å². The fourth-order valence-corrected chi connectivity index (χ4v) is 1.32. The van der Waals surface area contributed by atoms with Crippen LogP contribution in [0.15, 0.2) is 30.3 Å². The van der Waals surface area contributed by atoms with Crippen LogP contribution < -0.4 is 0 Å². The first-order chi connectivity index (χ1) is 8.29. The number of hydrogen-bond acceptors (Lipinski definition) is 3. The second kappa shape index (κ2) is 9.81. The zero-order valence-electron chi connectivity index (χ0n) is 10.5. The van der Waals surface area contributed by atoms with E-state index in [0.29, 0.717) is 5.56 Å². The van der Waals surface area contributed by atoms with E-state index < -0.39 is 0 Å². The average Bonchev–Trinajstić information content (AvgIpc) is 2.41. The van der Waals surface area contributed by atoms with Gasteiger partial charge in [0.15, 0.2) is 0 Å². The molecule has 0 spiro atoms. The lowest BCUT2D eigenvalue weighted by molar-refractivity contribution is 0.0685. The second-order valence-corrected chi connectivity index (χ2v) is 3.11. The van der Waals surface area contributed by atoms with E-state index >= 15 is 0 Å². The summed E-state index contributed by atoms with van der Waals surface area (Å²) in [6.07, 6.45) is 0. The molecule has 0 aliphatic heterocycles. The molecule has 0 bridgehead atoms. The van der Waals surface area contributed by atoms with Gasteiger partial charge in [0, 0.05) is 18.7 Å². The van der Waals surface area contributed by atoms with E-state index in [1.165, 1.54) is 4.90 Å². The van der Waals surface area contributed by atoms with Crippen LogP contribution in [-0.2, 0) is 0 Å². The lowest BCUT2D eigenvalue weighted by Gasteiger charge is -2.20. The molecule has 0 atom stereocenters. The van der Waals surface area contributed by atoms with Crippen molar-refractivity contribution in [2.24, 2.45) is 0 Å². The highest BCUT2D eigenvalue weighted by atomic mass is 16.3. The van der Waals surface area contributed by atoms with Crippen LogP contribution in [-0.4, -0.2) is 47.3 Å². The van der Waals surface area contributed by atoms with E-state index in [4.69, 9.17) is 10.2 Å². The highest BCUT2D eigenvalue weighted by molar-refractivity contribution is 5.94. The van der Waals surface area contributed by atoms with Gasteiger partial charge in [-0.1, -0.05) is 32.0 Å². The maximum absolute atomic E-state index is 11.8. The lowest BCUT2D eigenvalue weighted by Crippen LogP contribution is -2.35. The number of hydrogen-bond donors (Lipinski definition) is 2. The van der Waals surface area contributed by atoms with Gasteiger partial charge in [-0.2, -0.15) is 0 Å². The zero-order chi connectivity index (χ0) is 13.1. The van der Waals surface area contributed by atoms with Crippen molar-refractivity contribution in [1.82, 2.24) is 4.90 Å². The number of rotatable bonds is 5. The second-order valence-electron chi connectivity index (χ2n) is 3.11. The Labute approximate surface area is 103 Å². The SMILES string of the molecule is CC.O=C(c1ccccc1)N(CCO)CCO. The predicted molar refractivity (Wildman–Crippen MR) is 67.9 cm³/mol. The summed E-state index contributed by atoms with van der Waals surface area (Å²) in [5, 5.41) is 17.6. The van der Waals surface area contributed by atoms with Crippen LogP contribution in [0.1, 0.15) is 24.2 Å². The summed E-state index contributed by atoms with van der Waals surface area (Å²) in [6.45, 7) is 4.29. The molecule has 1 aromatic carbocycles. The molecule has 1 rings (SSSR count). The molecule has 4 nitrogen and oxygen atoms in total. The van der Waals surface area contributed by atoms with Crippen molar-refractivity contribution >= 4 is 5.91 Å². The molecule has 17 heavy (non-hydrogen) atoms. The fraction of sp³-hybridized carbons (Fsp3) is 0.462. The molecule has 0 aromatic heterocycles. The molecule has 0 saturated carbocycles. The van der Waals surface area contributed by atoms with Gasteiger partial charge in [0.1, 0.15) is 0 Å². The molecule has 4 heteroatoms. The van der Waals surface area contributed by atoms with E-state index in [9.17, 15) is 4.79 Å². The summed E-state index contributed by atoms with van der Waals surface area (Å²) in [5.41, 5.74) is 0.569. The third-order valence-electron chi connectivity index (χ3n) is 2.05. The Balaban J connectivity index is 0.00000121. The van der Waals surface area contributed by atoms with Crippen molar-refractivity contribution in [1.29, 1.82) is 0 Å². The average molecular weight is 239 g/mol. The van der Waals surface area contributed by atoms with Crippen molar-refractivity contribution in [3.63, 3.8) is 0 Å². The number of amides is 1. The molecular weight excluding hydrogens is 218 g/mol. The summed E-state index contributed by atoms with van der Waals surface area (Å²) in [5.74, 6) is -0.168. The maximum atomic E-state index is 11.8. The molecule has 1 aromatic rings. The highest BCUT2D eigenvalue weighted by Gasteiger charge is 2.13. The first-order valence-corrected chi connectivity index (χ1v) is 5.85. The van der Waals surface area contributed by atoms with Crippen LogP contribution in [0.25, 0.3) is 0 Å². The fourth-order valence-electron chi connectivity index (χ4n) is 1.32.